The van der Waals surface area contributed by atoms with E-state index >= 15 is 0 Å². The smallest absolute Gasteiger partial charge is 0.335 e. The monoisotopic (exact) mass is 290 g/mol. The fraction of sp³-hybridized carbons (Fsp3) is 0.150. The third kappa shape index (κ3) is 2.86. The molecule has 0 aliphatic carbocycles. The molecule has 1 aliphatic rings. The molecule has 3 rings (SSSR count). The Kier molecular flexibility index (Phi) is 4.19. The predicted molar refractivity (Wildman–Crippen MR) is 87.3 cm³/mol. The molecule has 1 heterocycles. The lowest BCUT2D eigenvalue weighted by Gasteiger charge is -2.13. The first-order chi connectivity index (χ1) is 10.8. The van der Waals surface area contributed by atoms with E-state index < -0.39 is 0 Å². The van der Waals surface area contributed by atoms with E-state index in [1.807, 2.05) is 66.7 Å². The Labute approximate surface area is 130 Å². The zero-order valence-corrected chi connectivity index (χ0v) is 12.4. The van der Waals surface area contributed by atoms with Gasteiger partial charge in [-0.05, 0) is 23.1 Å². The van der Waals surface area contributed by atoms with Gasteiger partial charge in [0.15, 0.2) is 0 Å². The number of cyclic esters (lactones) is 1. The van der Waals surface area contributed by atoms with E-state index in [1.165, 1.54) is 0 Å². The summed E-state index contributed by atoms with van der Waals surface area (Å²) >= 11 is 0. The number of rotatable bonds is 5. The summed E-state index contributed by atoms with van der Waals surface area (Å²) in [6.45, 7) is 3.82. The molecule has 1 atom stereocenters. The topological polar surface area (TPSA) is 26.3 Å². The zero-order valence-electron chi connectivity index (χ0n) is 12.4. The fourth-order valence-electron chi connectivity index (χ4n) is 2.81. The second-order valence-electron chi connectivity index (χ2n) is 5.35. The van der Waals surface area contributed by atoms with Crippen molar-refractivity contribution in [3.05, 3.63) is 95.6 Å². The Hall–Kier alpha value is -2.61. The summed E-state index contributed by atoms with van der Waals surface area (Å²) in [5, 5.41) is 0. The maximum absolute atomic E-state index is 12.3. The van der Waals surface area contributed by atoms with Gasteiger partial charge in [0.2, 0.25) is 0 Å². The largest absolute Gasteiger partial charge is 0.449 e. The van der Waals surface area contributed by atoms with Crippen LogP contribution in [0.1, 0.15) is 23.7 Å². The van der Waals surface area contributed by atoms with Gasteiger partial charge >= 0.3 is 5.97 Å². The van der Waals surface area contributed by atoms with E-state index in [4.69, 9.17) is 4.74 Å². The SMILES string of the molecule is C=CCC1=C(Cc2ccccc2)C(=O)OC1c1ccccc1. The van der Waals surface area contributed by atoms with E-state index in [9.17, 15) is 4.79 Å². The molecule has 0 saturated carbocycles. The Balaban J connectivity index is 1.97. The first-order valence-electron chi connectivity index (χ1n) is 7.42. The van der Waals surface area contributed by atoms with Crippen molar-refractivity contribution >= 4 is 5.97 Å². The summed E-state index contributed by atoms with van der Waals surface area (Å²) in [6.07, 6.45) is 2.81. The molecule has 2 heteroatoms. The molecule has 0 saturated heterocycles. The van der Waals surface area contributed by atoms with Crippen LogP contribution in [-0.2, 0) is 16.0 Å². The molecule has 2 aromatic rings. The molecule has 0 amide bonds. The lowest BCUT2D eigenvalue weighted by molar-refractivity contribution is -0.140. The normalized spacial score (nSPS) is 17.5. The quantitative estimate of drug-likeness (QED) is 0.602. The van der Waals surface area contributed by atoms with E-state index in [0.717, 1.165) is 22.3 Å². The summed E-state index contributed by atoms with van der Waals surface area (Å²) in [7, 11) is 0. The third-order valence-electron chi connectivity index (χ3n) is 3.87. The van der Waals surface area contributed by atoms with Crippen molar-refractivity contribution in [2.75, 3.05) is 0 Å². The highest BCUT2D eigenvalue weighted by molar-refractivity contribution is 5.93. The van der Waals surface area contributed by atoms with Crippen LogP contribution in [0.2, 0.25) is 0 Å². The first kappa shape index (κ1) is 14.3. The van der Waals surface area contributed by atoms with Crippen LogP contribution in [0.15, 0.2) is 84.5 Å². The van der Waals surface area contributed by atoms with E-state index in [-0.39, 0.29) is 12.1 Å². The second kappa shape index (κ2) is 6.44. The van der Waals surface area contributed by atoms with Crippen molar-refractivity contribution in [1.29, 1.82) is 0 Å². The molecule has 0 N–H and O–H groups in total. The predicted octanol–water partition coefficient (Wildman–Crippen LogP) is 4.40. The maximum Gasteiger partial charge on any atom is 0.335 e. The fourth-order valence-corrected chi connectivity index (χ4v) is 2.81. The maximum atomic E-state index is 12.3. The summed E-state index contributed by atoms with van der Waals surface area (Å²) in [6, 6.07) is 19.9. The number of hydrogen-bond donors (Lipinski definition) is 0. The standard InChI is InChI=1S/C20H18O2/c1-2-9-17-18(14-15-10-5-3-6-11-15)20(21)22-19(17)16-12-7-4-8-13-16/h2-8,10-13,19H,1,9,14H2. The lowest BCUT2D eigenvalue weighted by Crippen LogP contribution is -2.04. The number of esters is 1. The molecule has 0 bridgehead atoms. The Bertz CT molecular complexity index is 699. The molecule has 0 aromatic heterocycles. The average Bonchev–Trinajstić information content (AvgIpc) is 2.86. The molecular formula is C20H18O2. The van der Waals surface area contributed by atoms with Crippen LogP contribution in [0.25, 0.3) is 0 Å². The third-order valence-corrected chi connectivity index (χ3v) is 3.87. The summed E-state index contributed by atoms with van der Waals surface area (Å²) in [4.78, 5) is 12.3. The van der Waals surface area contributed by atoms with E-state index in [1.54, 1.807) is 0 Å². The Morgan fingerprint density at radius 3 is 2.27 bits per heavy atom. The molecule has 2 aromatic carbocycles. The highest BCUT2D eigenvalue weighted by atomic mass is 16.5. The highest BCUT2D eigenvalue weighted by Crippen LogP contribution is 2.38. The molecule has 2 nitrogen and oxygen atoms in total. The molecule has 110 valence electrons. The summed E-state index contributed by atoms with van der Waals surface area (Å²) in [5.74, 6) is -0.213. The summed E-state index contributed by atoms with van der Waals surface area (Å²) < 4.78 is 5.64. The van der Waals surface area contributed by atoms with Crippen molar-refractivity contribution in [2.45, 2.75) is 18.9 Å². The lowest BCUT2D eigenvalue weighted by atomic mass is 9.93. The minimum absolute atomic E-state index is 0.213. The van der Waals surface area contributed by atoms with Gasteiger partial charge in [-0.1, -0.05) is 66.7 Å². The molecule has 22 heavy (non-hydrogen) atoms. The number of ether oxygens (including phenoxy) is 1. The van der Waals surface area contributed by atoms with Gasteiger partial charge in [-0.15, -0.1) is 6.58 Å². The van der Waals surface area contributed by atoms with Gasteiger partial charge in [0, 0.05) is 12.0 Å². The van der Waals surface area contributed by atoms with Gasteiger partial charge in [0.05, 0.1) is 0 Å². The van der Waals surface area contributed by atoms with Crippen molar-refractivity contribution in [2.24, 2.45) is 0 Å². The minimum atomic E-state index is -0.287. The number of hydrogen-bond acceptors (Lipinski definition) is 2. The van der Waals surface area contributed by atoms with E-state index in [0.29, 0.717) is 12.8 Å². The van der Waals surface area contributed by atoms with Crippen LogP contribution in [-0.4, -0.2) is 5.97 Å². The molecular weight excluding hydrogens is 272 g/mol. The van der Waals surface area contributed by atoms with Crippen LogP contribution in [0.4, 0.5) is 0 Å². The van der Waals surface area contributed by atoms with Crippen molar-refractivity contribution in [1.82, 2.24) is 0 Å². The zero-order chi connectivity index (χ0) is 15.4. The first-order valence-corrected chi connectivity index (χ1v) is 7.42. The number of allylic oxidation sites excluding steroid dienone is 1. The van der Waals surface area contributed by atoms with Crippen LogP contribution in [0, 0.1) is 0 Å². The van der Waals surface area contributed by atoms with Crippen LogP contribution < -0.4 is 0 Å². The van der Waals surface area contributed by atoms with Gasteiger partial charge in [0.25, 0.3) is 0 Å². The second-order valence-corrected chi connectivity index (χ2v) is 5.35. The highest BCUT2D eigenvalue weighted by Gasteiger charge is 2.33. The van der Waals surface area contributed by atoms with Gasteiger partial charge in [-0.3, -0.25) is 0 Å². The van der Waals surface area contributed by atoms with Crippen LogP contribution in [0.3, 0.4) is 0 Å². The van der Waals surface area contributed by atoms with Crippen molar-refractivity contribution in [3.63, 3.8) is 0 Å². The Morgan fingerprint density at radius 1 is 1.00 bits per heavy atom. The molecule has 1 unspecified atom stereocenters. The van der Waals surface area contributed by atoms with Gasteiger partial charge in [-0.2, -0.15) is 0 Å². The van der Waals surface area contributed by atoms with Gasteiger partial charge in [0.1, 0.15) is 6.10 Å². The Morgan fingerprint density at radius 2 is 1.64 bits per heavy atom. The van der Waals surface area contributed by atoms with E-state index in [2.05, 4.69) is 6.58 Å². The van der Waals surface area contributed by atoms with Crippen molar-refractivity contribution in [3.8, 4) is 0 Å². The van der Waals surface area contributed by atoms with Gasteiger partial charge in [-0.25, -0.2) is 4.79 Å². The molecule has 1 aliphatic heterocycles. The van der Waals surface area contributed by atoms with Crippen LogP contribution in [0.5, 0.6) is 0 Å². The number of carbonyl (C=O) groups excluding carboxylic acids is 1. The summed E-state index contributed by atoms with van der Waals surface area (Å²) in [5.41, 5.74) is 3.91. The number of benzene rings is 2. The molecule has 0 radical (unpaired) electrons. The minimum Gasteiger partial charge on any atom is -0.449 e. The van der Waals surface area contributed by atoms with Crippen LogP contribution >= 0.6 is 0 Å². The molecule has 0 fully saturated rings. The van der Waals surface area contributed by atoms with Gasteiger partial charge < -0.3 is 4.74 Å². The molecule has 0 spiro atoms. The number of carbonyl (C=O) groups is 1. The average molecular weight is 290 g/mol. The van der Waals surface area contributed by atoms with Crippen molar-refractivity contribution < 1.29 is 9.53 Å².